The Kier molecular flexibility index (Phi) is 5.85. The van der Waals surface area contributed by atoms with E-state index in [1.807, 2.05) is 39.0 Å². The Hall–Kier alpha value is -2.34. The van der Waals surface area contributed by atoms with Crippen molar-refractivity contribution in [2.24, 2.45) is 0 Å². The highest BCUT2D eigenvalue weighted by Crippen LogP contribution is 2.18. The van der Waals surface area contributed by atoms with Crippen LogP contribution >= 0.6 is 0 Å². The molecule has 25 heavy (non-hydrogen) atoms. The number of anilines is 1. The molecule has 0 fully saturated rings. The molecule has 2 aromatic carbocycles. The SMILES string of the molecule is Cc1ccc(C(C)NC(=O)CN(c2ccccc2)S(C)(=O)=O)cc1C. The van der Waals surface area contributed by atoms with E-state index in [2.05, 4.69) is 5.32 Å². The first-order valence-electron chi connectivity index (χ1n) is 8.08. The average Bonchev–Trinajstić information content (AvgIpc) is 2.55. The largest absolute Gasteiger partial charge is 0.348 e. The van der Waals surface area contributed by atoms with Crippen LogP contribution in [0.5, 0.6) is 0 Å². The van der Waals surface area contributed by atoms with Gasteiger partial charge in [0, 0.05) is 0 Å². The van der Waals surface area contributed by atoms with E-state index in [4.69, 9.17) is 0 Å². The molecule has 0 spiro atoms. The number of sulfonamides is 1. The normalized spacial score (nSPS) is 12.5. The number of nitrogens with zero attached hydrogens (tertiary/aromatic N) is 1. The minimum Gasteiger partial charge on any atom is -0.348 e. The maximum Gasteiger partial charge on any atom is 0.241 e. The van der Waals surface area contributed by atoms with Gasteiger partial charge in [-0.1, -0.05) is 36.4 Å². The molecular weight excluding hydrogens is 336 g/mol. The highest BCUT2D eigenvalue weighted by molar-refractivity contribution is 7.92. The minimum atomic E-state index is -3.55. The van der Waals surface area contributed by atoms with E-state index in [-0.39, 0.29) is 18.5 Å². The average molecular weight is 360 g/mol. The number of hydrogen-bond donors (Lipinski definition) is 1. The number of carbonyl (C=O) groups excluding carboxylic acids is 1. The van der Waals surface area contributed by atoms with Gasteiger partial charge in [0.05, 0.1) is 18.0 Å². The lowest BCUT2D eigenvalue weighted by atomic mass is 10.0. The zero-order valence-electron chi connectivity index (χ0n) is 15.0. The molecule has 2 aromatic rings. The minimum absolute atomic E-state index is 0.205. The van der Waals surface area contributed by atoms with Crippen molar-refractivity contribution in [2.45, 2.75) is 26.8 Å². The summed E-state index contributed by atoms with van der Waals surface area (Å²) in [5, 5.41) is 2.87. The van der Waals surface area contributed by atoms with Crippen LogP contribution in [0.15, 0.2) is 48.5 Å². The molecule has 0 radical (unpaired) electrons. The van der Waals surface area contributed by atoms with Crippen LogP contribution in [0, 0.1) is 13.8 Å². The molecule has 0 aliphatic carbocycles. The zero-order valence-corrected chi connectivity index (χ0v) is 15.8. The molecule has 0 saturated carbocycles. The molecule has 1 unspecified atom stereocenters. The molecular formula is C19H24N2O3S. The Morgan fingerprint density at radius 2 is 1.72 bits per heavy atom. The maximum absolute atomic E-state index is 12.4. The monoisotopic (exact) mass is 360 g/mol. The fraction of sp³-hybridized carbons (Fsp3) is 0.316. The van der Waals surface area contributed by atoms with Crippen molar-refractivity contribution in [3.8, 4) is 0 Å². The summed E-state index contributed by atoms with van der Waals surface area (Å²) >= 11 is 0. The number of benzene rings is 2. The fourth-order valence-corrected chi connectivity index (χ4v) is 3.39. The summed E-state index contributed by atoms with van der Waals surface area (Å²) in [6, 6.07) is 14.4. The molecule has 134 valence electrons. The third-order valence-electron chi connectivity index (χ3n) is 4.14. The third kappa shape index (κ3) is 5.06. The highest BCUT2D eigenvalue weighted by Gasteiger charge is 2.21. The molecule has 1 N–H and O–H groups in total. The number of hydrogen-bond acceptors (Lipinski definition) is 3. The van der Waals surface area contributed by atoms with Gasteiger partial charge in [-0.15, -0.1) is 0 Å². The molecule has 2 rings (SSSR count). The van der Waals surface area contributed by atoms with Crippen molar-refractivity contribution in [3.63, 3.8) is 0 Å². The van der Waals surface area contributed by atoms with E-state index >= 15 is 0 Å². The number of rotatable bonds is 6. The van der Waals surface area contributed by atoms with Crippen LogP contribution in [0.2, 0.25) is 0 Å². The first-order chi connectivity index (χ1) is 11.7. The van der Waals surface area contributed by atoms with E-state index in [9.17, 15) is 13.2 Å². The predicted molar refractivity (Wildman–Crippen MR) is 101 cm³/mol. The topological polar surface area (TPSA) is 66.5 Å². The maximum atomic E-state index is 12.4. The van der Waals surface area contributed by atoms with Crippen molar-refractivity contribution in [3.05, 3.63) is 65.2 Å². The van der Waals surface area contributed by atoms with Crippen molar-refractivity contribution in [1.82, 2.24) is 5.32 Å². The van der Waals surface area contributed by atoms with E-state index in [1.54, 1.807) is 30.3 Å². The lowest BCUT2D eigenvalue weighted by Gasteiger charge is -2.23. The van der Waals surface area contributed by atoms with Crippen molar-refractivity contribution in [2.75, 3.05) is 17.1 Å². The molecule has 0 aromatic heterocycles. The molecule has 6 heteroatoms. The second-order valence-electron chi connectivity index (χ2n) is 6.24. The first kappa shape index (κ1) is 19.0. The van der Waals surface area contributed by atoms with Crippen molar-refractivity contribution >= 4 is 21.6 Å². The number of amides is 1. The Morgan fingerprint density at radius 3 is 2.28 bits per heavy atom. The molecule has 0 aliphatic rings. The van der Waals surface area contributed by atoms with Crippen LogP contribution in [-0.4, -0.2) is 27.1 Å². The summed E-state index contributed by atoms with van der Waals surface area (Å²) in [5.74, 6) is -0.347. The van der Waals surface area contributed by atoms with Crippen LogP contribution in [0.25, 0.3) is 0 Å². The fourth-order valence-electron chi connectivity index (χ4n) is 2.53. The Labute approximate surface area is 149 Å². The van der Waals surface area contributed by atoms with Crippen LogP contribution in [0.4, 0.5) is 5.69 Å². The number of para-hydroxylation sites is 1. The molecule has 0 heterocycles. The van der Waals surface area contributed by atoms with E-state index in [0.29, 0.717) is 5.69 Å². The highest BCUT2D eigenvalue weighted by atomic mass is 32.2. The summed E-state index contributed by atoms with van der Waals surface area (Å²) in [6.45, 7) is 5.69. The molecule has 0 bridgehead atoms. The molecule has 1 atom stereocenters. The quantitative estimate of drug-likeness (QED) is 0.861. The summed E-state index contributed by atoms with van der Waals surface area (Å²) in [5.41, 5.74) is 3.80. The van der Waals surface area contributed by atoms with E-state index < -0.39 is 10.0 Å². The Bertz CT molecular complexity index is 848. The van der Waals surface area contributed by atoms with Gasteiger partial charge in [0.15, 0.2) is 0 Å². The van der Waals surface area contributed by atoms with Gasteiger partial charge >= 0.3 is 0 Å². The molecule has 1 amide bonds. The lowest BCUT2D eigenvalue weighted by Crippen LogP contribution is -2.41. The van der Waals surface area contributed by atoms with E-state index in [1.165, 1.54) is 5.56 Å². The van der Waals surface area contributed by atoms with Gasteiger partial charge in [-0.2, -0.15) is 0 Å². The standard InChI is InChI=1S/C19H24N2O3S/c1-14-10-11-17(12-15(14)2)16(3)20-19(22)13-21(25(4,23)24)18-8-6-5-7-9-18/h5-12,16H,13H2,1-4H3,(H,20,22). The summed E-state index contributed by atoms with van der Waals surface area (Å²) < 4.78 is 25.2. The van der Waals surface area contributed by atoms with Crippen LogP contribution in [0.1, 0.15) is 29.7 Å². The summed E-state index contributed by atoms with van der Waals surface area (Å²) in [6.07, 6.45) is 1.10. The van der Waals surface area contributed by atoms with Gasteiger partial charge in [0.25, 0.3) is 0 Å². The summed E-state index contributed by atoms with van der Waals surface area (Å²) in [7, 11) is -3.55. The van der Waals surface area contributed by atoms with Gasteiger partial charge < -0.3 is 5.32 Å². The molecule has 0 aliphatic heterocycles. The molecule has 5 nitrogen and oxygen atoms in total. The van der Waals surface area contributed by atoms with Crippen LogP contribution in [0.3, 0.4) is 0 Å². The second kappa shape index (κ2) is 7.70. The van der Waals surface area contributed by atoms with Crippen molar-refractivity contribution < 1.29 is 13.2 Å². The molecule has 0 saturated heterocycles. The van der Waals surface area contributed by atoms with Gasteiger partial charge in [-0.3, -0.25) is 9.10 Å². The van der Waals surface area contributed by atoms with Crippen molar-refractivity contribution in [1.29, 1.82) is 0 Å². The second-order valence-corrected chi connectivity index (χ2v) is 8.14. The summed E-state index contributed by atoms with van der Waals surface area (Å²) in [4.78, 5) is 12.4. The van der Waals surface area contributed by atoms with Crippen LogP contribution < -0.4 is 9.62 Å². The Morgan fingerprint density at radius 1 is 1.08 bits per heavy atom. The van der Waals surface area contributed by atoms with Crippen LogP contribution in [-0.2, 0) is 14.8 Å². The number of carbonyl (C=O) groups is 1. The Balaban J connectivity index is 2.12. The smallest absolute Gasteiger partial charge is 0.241 e. The zero-order chi connectivity index (χ0) is 18.6. The van der Waals surface area contributed by atoms with Gasteiger partial charge in [0.2, 0.25) is 15.9 Å². The predicted octanol–water partition coefficient (Wildman–Crippen LogP) is 2.95. The van der Waals surface area contributed by atoms with Gasteiger partial charge in [0.1, 0.15) is 6.54 Å². The number of nitrogens with one attached hydrogen (secondary N) is 1. The number of aryl methyl sites for hydroxylation is 2. The van der Waals surface area contributed by atoms with Gasteiger partial charge in [-0.25, -0.2) is 8.42 Å². The first-order valence-corrected chi connectivity index (χ1v) is 9.92. The lowest BCUT2D eigenvalue weighted by molar-refractivity contribution is -0.120. The van der Waals surface area contributed by atoms with E-state index in [0.717, 1.165) is 21.7 Å². The third-order valence-corrected chi connectivity index (χ3v) is 5.28. The van der Waals surface area contributed by atoms with Gasteiger partial charge in [-0.05, 0) is 49.6 Å².